The molecule has 0 radical (unpaired) electrons. The Bertz CT molecular complexity index is 534. The van der Waals surface area contributed by atoms with Crippen LogP contribution in [-0.4, -0.2) is 36.4 Å². The zero-order valence-electron chi connectivity index (χ0n) is 14.5. The number of rotatable bonds is 7. The largest absolute Gasteiger partial charge is 0.496 e. The SMILES string of the molecule is CCCN(CCC1CC=CS1)[C@H]1CCc2c(cccc2OC)C1. The van der Waals surface area contributed by atoms with Gasteiger partial charge in [0.2, 0.25) is 0 Å². The molecule has 0 amide bonds. The molecule has 1 aliphatic carbocycles. The van der Waals surface area contributed by atoms with Crippen LogP contribution in [0, 0.1) is 0 Å². The van der Waals surface area contributed by atoms with Gasteiger partial charge in [0.25, 0.3) is 0 Å². The molecule has 0 spiro atoms. The number of ether oxygens (including phenoxy) is 1. The third kappa shape index (κ3) is 4.13. The number of hydrogen-bond donors (Lipinski definition) is 0. The first-order chi connectivity index (χ1) is 11.3. The van der Waals surface area contributed by atoms with Gasteiger partial charge in [0.15, 0.2) is 0 Å². The summed E-state index contributed by atoms with van der Waals surface area (Å²) >= 11 is 2.02. The van der Waals surface area contributed by atoms with Crippen LogP contribution in [0.5, 0.6) is 5.75 Å². The summed E-state index contributed by atoms with van der Waals surface area (Å²) in [5.41, 5.74) is 2.94. The van der Waals surface area contributed by atoms with Gasteiger partial charge in [-0.3, -0.25) is 0 Å². The number of methoxy groups -OCH3 is 1. The second-order valence-electron chi connectivity index (χ2n) is 6.68. The number of fused-ring (bicyclic) bond motifs is 1. The molecule has 3 rings (SSSR count). The fourth-order valence-electron chi connectivity index (χ4n) is 3.95. The van der Waals surface area contributed by atoms with E-state index in [4.69, 9.17) is 4.74 Å². The van der Waals surface area contributed by atoms with E-state index in [1.54, 1.807) is 7.11 Å². The highest BCUT2D eigenvalue weighted by atomic mass is 32.2. The lowest BCUT2D eigenvalue weighted by atomic mass is 9.86. The zero-order chi connectivity index (χ0) is 16.1. The minimum atomic E-state index is 0.703. The molecule has 0 fully saturated rings. The lowest BCUT2D eigenvalue weighted by Crippen LogP contribution is -2.41. The van der Waals surface area contributed by atoms with E-state index in [9.17, 15) is 0 Å². The summed E-state index contributed by atoms with van der Waals surface area (Å²) in [5.74, 6) is 1.08. The van der Waals surface area contributed by atoms with E-state index in [-0.39, 0.29) is 0 Å². The van der Waals surface area contributed by atoms with Gasteiger partial charge in [-0.1, -0.05) is 25.1 Å². The molecule has 0 aromatic heterocycles. The fourth-order valence-corrected chi connectivity index (χ4v) is 4.85. The Labute approximate surface area is 145 Å². The van der Waals surface area contributed by atoms with Crippen LogP contribution >= 0.6 is 11.8 Å². The molecule has 2 aliphatic rings. The van der Waals surface area contributed by atoms with Crippen molar-refractivity contribution in [2.45, 2.75) is 56.7 Å². The van der Waals surface area contributed by atoms with E-state index in [1.165, 1.54) is 56.3 Å². The second kappa shape index (κ2) is 8.25. The van der Waals surface area contributed by atoms with Crippen molar-refractivity contribution in [3.8, 4) is 5.75 Å². The van der Waals surface area contributed by atoms with Gasteiger partial charge in [-0.25, -0.2) is 0 Å². The van der Waals surface area contributed by atoms with Crippen molar-refractivity contribution in [3.63, 3.8) is 0 Å². The minimum absolute atomic E-state index is 0.703. The van der Waals surface area contributed by atoms with E-state index in [1.807, 2.05) is 11.8 Å². The van der Waals surface area contributed by atoms with Gasteiger partial charge in [-0.05, 0) is 74.2 Å². The molecule has 1 aromatic carbocycles. The normalized spacial score (nSPS) is 23.3. The van der Waals surface area contributed by atoms with E-state index in [0.29, 0.717) is 6.04 Å². The van der Waals surface area contributed by atoms with Gasteiger partial charge in [0.1, 0.15) is 5.75 Å². The Balaban J connectivity index is 1.63. The van der Waals surface area contributed by atoms with Crippen molar-refractivity contribution in [2.24, 2.45) is 0 Å². The Morgan fingerprint density at radius 1 is 1.30 bits per heavy atom. The second-order valence-corrected chi connectivity index (χ2v) is 7.90. The topological polar surface area (TPSA) is 12.5 Å². The third-order valence-electron chi connectivity index (χ3n) is 5.16. The maximum atomic E-state index is 5.55. The van der Waals surface area contributed by atoms with E-state index in [2.05, 4.69) is 41.5 Å². The highest BCUT2D eigenvalue weighted by Crippen LogP contribution is 2.32. The summed E-state index contributed by atoms with van der Waals surface area (Å²) in [6.07, 6.45) is 9.75. The quantitative estimate of drug-likeness (QED) is 0.720. The van der Waals surface area contributed by atoms with Gasteiger partial charge in [-0.15, -0.1) is 11.8 Å². The summed E-state index contributed by atoms with van der Waals surface area (Å²) in [6.45, 7) is 4.78. The predicted octanol–water partition coefficient (Wildman–Crippen LogP) is 4.67. The molecule has 0 N–H and O–H groups in total. The van der Waals surface area contributed by atoms with Crippen LogP contribution in [0.4, 0.5) is 0 Å². The van der Waals surface area contributed by atoms with E-state index in [0.717, 1.165) is 17.4 Å². The van der Waals surface area contributed by atoms with Gasteiger partial charge < -0.3 is 9.64 Å². The highest BCUT2D eigenvalue weighted by molar-refractivity contribution is 8.03. The molecule has 1 heterocycles. The van der Waals surface area contributed by atoms with Crippen LogP contribution in [0.2, 0.25) is 0 Å². The minimum Gasteiger partial charge on any atom is -0.496 e. The van der Waals surface area contributed by atoms with Gasteiger partial charge in [0.05, 0.1) is 7.11 Å². The summed E-state index contributed by atoms with van der Waals surface area (Å²) < 4.78 is 5.55. The predicted molar refractivity (Wildman–Crippen MR) is 100 cm³/mol. The number of hydrogen-bond acceptors (Lipinski definition) is 3. The molecular weight excluding hydrogens is 302 g/mol. The van der Waals surface area contributed by atoms with Crippen LogP contribution in [0.1, 0.15) is 43.7 Å². The first-order valence-corrected chi connectivity index (χ1v) is 9.95. The highest BCUT2D eigenvalue weighted by Gasteiger charge is 2.26. The van der Waals surface area contributed by atoms with Crippen molar-refractivity contribution in [2.75, 3.05) is 20.2 Å². The van der Waals surface area contributed by atoms with Crippen molar-refractivity contribution >= 4 is 11.8 Å². The number of allylic oxidation sites excluding steroid dienone is 1. The summed E-state index contributed by atoms with van der Waals surface area (Å²) in [7, 11) is 1.79. The van der Waals surface area contributed by atoms with Crippen molar-refractivity contribution < 1.29 is 4.74 Å². The van der Waals surface area contributed by atoms with Crippen LogP contribution in [0.25, 0.3) is 0 Å². The molecule has 0 saturated heterocycles. The maximum Gasteiger partial charge on any atom is 0.122 e. The van der Waals surface area contributed by atoms with Crippen molar-refractivity contribution in [1.82, 2.24) is 4.90 Å². The molecular formula is C20H29NOS. The van der Waals surface area contributed by atoms with Crippen molar-refractivity contribution in [3.05, 3.63) is 40.8 Å². The van der Waals surface area contributed by atoms with E-state index < -0.39 is 0 Å². The van der Waals surface area contributed by atoms with Crippen LogP contribution in [0.15, 0.2) is 29.7 Å². The number of nitrogens with zero attached hydrogens (tertiary/aromatic N) is 1. The summed E-state index contributed by atoms with van der Waals surface area (Å²) in [4.78, 5) is 2.75. The molecule has 0 bridgehead atoms. The average Bonchev–Trinajstić information content (AvgIpc) is 3.11. The van der Waals surface area contributed by atoms with Gasteiger partial charge >= 0.3 is 0 Å². The number of benzene rings is 1. The Morgan fingerprint density at radius 2 is 2.22 bits per heavy atom. The average molecular weight is 332 g/mol. The monoisotopic (exact) mass is 331 g/mol. The smallest absolute Gasteiger partial charge is 0.122 e. The Morgan fingerprint density at radius 3 is 2.96 bits per heavy atom. The molecule has 2 nitrogen and oxygen atoms in total. The lowest BCUT2D eigenvalue weighted by Gasteiger charge is -2.36. The first-order valence-electron chi connectivity index (χ1n) is 9.01. The lowest BCUT2D eigenvalue weighted by molar-refractivity contribution is 0.177. The van der Waals surface area contributed by atoms with E-state index >= 15 is 0 Å². The third-order valence-corrected chi connectivity index (χ3v) is 6.33. The standard InChI is InChI=1S/C20H29NOS/c1-3-12-21(13-11-18-7-5-14-23-18)17-9-10-19-16(15-17)6-4-8-20(19)22-2/h4-6,8,14,17-18H,3,7,9-13,15H2,1-2H3/t17-,18?/m0/s1. The van der Waals surface area contributed by atoms with Crippen molar-refractivity contribution in [1.29, 1.82) is 0 Å². The molecule has 23 heavy (non-hydrogen) atoms. The molecule has 1 aromatic rings. The Hall–Kier alpha value is -0.930. The summed E-state index contributed by atoms with van der Waals surface area (Å²) in [5, 5.41) is 3.09. The van der Waals surface area contributed by atoms with Crippen LogP contribution in [-0.2, 0) is 12.8 Å². The maximum absolute atomic E-state index is 5.55. The first kappa shape index (κ1) is 16.9. The Kier molecular flexibility index (Phi) is 6.07. The molecule has 126 valence electrons. The van der Waals surface area contributed by atoms with Gasteiger partial charge in [0, 0.05) is 11.3 Å². The molecule has 3 heteroatoms. The fraction of sp³-hybridized carbons (Fsp3) is 0.600. The number of thioether (sulfide) groups is 1. The van der Waals surface area contributed by atoms with Gasteiger partial charge in [-0.2, -0.15) is 0 Å². The van der Waals surface area contributed by atoms with Crippen LogP contribution < -0.4 is 4.74 Å². The van der Waals surface area contributed by atoms with Crippen LogP contribution in [0.3, 0.4) is 0 Å². The zero-order valence-corrected chi connectivity index (χ0v) is 15.3. The molecule has 1 aliphatic heterocycles. The molecule has 2 atom stereocenters. The molecule has 1 unspecified atom stereocenters. The molecule has 0 saturated carbocycles. The summed E-state index contributed by atoms with van der Waals surface area (Å²) in [6, 6.07) is 7.25.